The second kappa shape index (κ2) is 3.79. The lowest BCUT2D eigenvalue weighted by Crippen LogP contribution is -2.07. The molecule has 16 heavy (non-hydrogen) atoms. The van der Waals surface area contributed by atoms with Crippen LogP contribution in [0.4, 0.5) is 0 Å². The van der Waals surface area contributed by atoms with Gasteiger partial charge in [-0.1, -0.05) is 11.6 Å². The van der Waals surface area contributed by atoms with Gasteiger partial charge in [-0.25, -0.2) is 0 Å². The van der Waals surface area contributed by atoms with E-state index in [1.165, 1.54) is 22.9 Å². The first kappa shape index (κ1) is 10.2. The first-order valence-corrected chi connectivity index (χ1v) is 6.08. The van der Waals surface area contributed by atoms with E-state index in [0.29, 0.717) is 5.92 Å². The van der Waals surface area contributed by atoms with E-state index in [1.807, 2.05) is 6.07 Å². The SMILES string of the molecule is Cn1cc(C2CCNC2)c2cc(Cl)ccc21. The van der Waals surface area contributed by atoms with E-state index < -0.39 is 0 Å². The summed E-state index contributed by atoms with van der Waals surface area (Å²) >= 11 is 6.08. The quantitative estimate of drug-likeness (QED) is 0.803. The number of aromatic nitrogens is 1. The molecule has 2 aromatic rings. The summed E-state index contributed by atoms with van der Waals surface area (Å²) in [5.74, 6) is 0.641. The number of rotatable bonds is 1. The smallest absolute Gasteiger partial charge is 0.0481 e. The normalized spacial score (nSPS) is 20.8. The summed E-state index contributed by atoms with van der Waals surface area (Å²) < 4.78 is 2.19. The van der Waals surface area contributed by atoms with Gasteiger partial charge in [-0.2, -0.15) is 0 Å². The number of fused-ring (bicyclic) bond motifs is 1. The van der Waals surface area contributed by atoms with Crippen molar-refractivity contribution < 1.29 is 0 Å². The van der Waals surface area contributed by atoms with E-state index in [9.17, 15) is 0 Å². The van der Waals surface area contributed by atoms with E-state index >= 15 is 0 Å². The minimum Gasteiger partial charge on any atom is -0.350 e. The summed E-state index contributed by atoms with van der Waals surface area (Å²) in [6.45, 7) is 2.22. The van der Waals surface area contributed by atoms with E-state index in [0.717, 1.165) is 18.1 Å². The largest absolute Gasteiger partial charge is 0.350 e. The maximum Gasteiger partial charge on any atom is 0.0481 e. The summed E-state index contributed by atoms with van der Waals surface area (Å²) in [5, 5.41) is 5.55. The highest BCUT2D eigenvalue weighted by Crippen LogP contribution is 2.32. The molecule has 1 aromatic carbocycles. The number of nitrogens with zero attached hydrogens (tertiary/aromatic N) is 1. The highest BCUT2D eigenvalue weighted by Gasteiger charge is 2.20. The fourth-order valence-electron chi connectivity index (χ4n) is 2.64. The van der Waals surface area contributed by atoms with Crippen molar-refractivity contribution in [2.75, 3.05) is 13.1 Å². The van der Waals surface area contributed by atoms with Crippen LogP contribution in [0.15, 0.2) is 24.4 Å². The fourth-order valence-corrected chi connectivity index (χ4v) is 2.81. The molecule has 3 heteroatoms. The zero-order valence-corrected chi connectivity index (χ0v) is 10.1. The minimum absolute atomic E-state index is 0.641. The van der Waals surface area contributed by atoms with Crippen molar-refractivity contribution in [3.63, 3.8) is 0 Å². The molecule has 3 rings (SSSR count). The Kier molecular flexibility index (Phi) is 2.41. The zero-order valence-electron chi connectivity index (χ0n) is 9.33. The fraction of sp³-hybridized carbons (Fsp3) is 0.385. The molecule has 2 heterocycles. The van der Waals surface area contributed by atoms with E-state index in [1.54, 1.807) is 0 Å². The summed E-state index contributed by atoms with van der Waals surface area (Å²) in [6.07, 6.45) is 3.48. The minimum atomic E-state index is 0.641. The number of hydrogen-bond donors (Lipinski definition) is 1. The van der Waals surface area contributed by atoms with Crippen molar-refractivity contribution in [2.24, 2.45) is 7.05 Å². The molecule has 84 valence electrons. The third kappa shape index (κ3) is 1.53. The highest BCUT2D eigenvalue weighted by atomic mass is 35.5. The lowest BCUT2D eigenvalue weighted by molar-refractivity contribution is 0.763. The second-order valence-corrected chi connectivity index (χ2v) is 4.98. The molecule has 1 aliphatic heterocycles. The van der Waals surface area contributed by atoms with Crippen LogP contribution in [0.25, 0.3) is 10.9 Å². The summed E-state index contributed by atoms with van der Waals surface area (Å²) in [6, 6.07) is 6.15. The Hall–Kier alpha value is -0.990. The molecule has 1 N–H and O–H groups in total. The predicted octanol–water partition coefficient (Wildman–Crippen LogP) is 2.91. The highest BCUT2D eigenvalue weighted by molar-refractivity contribution is 6.31. The standard InChI is InChI=1S/C13H15ClN2/c1-16-8-12(9-4-5-15-7-9)11-6-10(14)2-3-13(11)16/h2-3,6,8-9,15H,4-5,7H2,1H3. The molecule has 0 radical (unpaired) electrons. The van der Waals surface area contributed by atoms with Crippen LogP contribution in [-0.2, 0) is 7.05 Å². The first-order chi connectivity index (χ1) is 7.75. The van der Waals surface area contributed by atoms with Crippen molar-refractivity contribution in [3.05, 3.63) is 35.0 Å². The third-order valence-electron chi connectivity index (χ3n) is 3.48. The number of halogens is 1. The Morgan fingerprint density at radius 3 is 3.06 bits per heavy atom. The third-order valence-corrected chi connectivity index (χ3v) is 3.72. The van der Waals surface area contributed by atoms with Crippen LogP contribution in [0.5, 0.6) is 0 Å². The van der Waals surface area contributed by atoms with Gasteiger partial charge >= 0.3 is 0 Å². The van der Waals surface area contributed by atoms with Gasteiger partial charge in [-0.15, -0.1) is 0 Å². The van der Waals surface area contributed by atoms with Crippen LogP contribution >= 0.6 is 11.6 Å². The van der Waals surface area contributed by atoms with Crippen LogP contribution < -0.4 is 5.32 Å². The average Bonchev–Trinajstić information content (AvgIpc) is 2.86. The van der Waals surface area contributed by atoms with Gasteiger partial charge < -0.3 is 9.88 Å². The average molecular weight is 235 g/mol. The molecular formula is C13H15ClN2. The molecular weight excluding hydrogens is 220 g/mol. The summed E-state index contributed by atoms with van der Waals surface area (Å²) in [5.41, 5.74) is 2.70. The molecule has 1 unspecified atom stereocenters. The van der Waals surface area contributed by atoms with Crippen molar-refractivity contribution in [2.45, 2.75) is 12.3 Å². The van der Waals surface area contributed by atoms with Gasteiger partial charge in [0.15, 0.2) is 0 Å². The molecule has 0 spiro atoms. The Balaban J connectivity index is 2.19. The van der Waals surface area contributed by atoms with E-state index in [2.05, 4.69) is 35.3 Å². The Morgan fingerprint density at radius 1 is 1.44 bits per heavy atom. The van der Waals surface area contributed by atoms with Crippen LogP contribution in [0.1, 0.15) is 17.9 Å². The molecule has 0 amide bonds. The van der Waals surface area contributed by atoms with Crippen molar-refractivity contribution in [1.82, 2.24) is 9.88 Å². The summed E-state index contributed by atoms with van der Waals surface area (Å²) in [4.78, 5) is 0. The van der Waals surface area contributed by atoms with E-state index in [4.69, 9.17) is 11.6 Å². The molecule has 0 saturated carbocycles. The van der Waals surface area contributed by atoms with Crippen LogP contribution in [0.3, 0.4) is 0 Å². The Morgan fingerprint density at radius 2 is 2.31 bits per heavy atom. The second-order valence-electron chi connectivity index (χ2n) is 4.55. The van der Waals surface area contributed by atoms with Crippen molar-refractivity contribution in [1.29, 1.82) is 0 Å². The van der Waals surface area contributed by atoms with Gasteiger partial charge in [0.2, 0.25) is 0 Å². The first-order valence-electron chi connectivity index (χ1n) is 5.71. The molecule has 1 saturated heterocycles. The number of benzene rings is 1. The molecule has 0 bridgehead atoms. The maximum atomic E-state index is 6.08. The van der Waals surface area contributed by atoms with E-state index in [-0.39, 0.29) is 0 Å². The Bertz CT molecular complexity index is 524. The molecule has 1 fully saturated rings. The topological polar surface area (TPSA) is 17.0 Å². The van der Waals surface area contributed by atoms with Crippen molar-refractivity contribution >= 4 is 22.5 Å². The van der Waals surface area contributed by atoms with Gasteiger partial charge in [-0.3, -0.25) is 0 Å². The molecule has 1 aliphatic rings. The zero-order chi connectivity index (χ0) is 11.1. The number of aryl methyl sites for hydroxylation is 1. The van der Waals surface area contributed by atoms with Crippen LogP contribution in [-0.4, -0.2) is 17.7 Å². The van der Waals surface area contributed by atoms with Crippen LogP contribution in [0.2, 0.25) is 5.02 Å². The Labute approximate surface area is 100 Å². The lowest BCUT2D eigenvalue weighted by atomic mass is 9.98. The van der Waals surface area contributed by atoms with Gasteiger partial charge in [-0.05, 0) is 42.6 Å². The molecule has 1 atom stereocenters. The van der Waals surface area contributed by atoms with Crippen molar-refractivity contribution in [3.8, 4) is 0 Å². The van der Waals surface area contributed by atoms with Gasteiger partial charge in [0.05, 0.1) is 0 Å². The summed E-state index contributed by atoms with van der Waals surface area (Å²) in [7, 11) is 2.10. The maximum absolute atomic E-state index is 6.08. The lowest BCUT2D eigenvalue weighted by Gasteiger charge is -2.06. The molecule has 1 aromatic heterocycles. The van der Waals surface area contributed by atoms with Gasteiger partial charge in [0.25, 0.3) is 0 Å². The molecule has 0 aliphatic carbocycles. The van der Waals surface area contributed by atoms with Gasteiger partial charge in [0, 0.05) is 35.7 Å². The monoisotopic (exact) mass is 234 g/mol. The predicted molar refractivity (Wildman–Crippen MR) is 68.2 cm³/mol. The number of nitrogens with one attached hydrogen (secondary N) is 1. The number of hydrogen-bond acceptors (Lipinski definition) is 1. The van der Waals surface area contributed by atoms with Crippen LogP contribution in [0, 0.1) is 0 Å². The molecule has 2 nitrogen and oxygen atoms in total. The van der Waals surface area contributed by atoms with Gasteiger partial charge in [0.1, 0.15) is 0 Å².